The van der Waals surface area contributed by atoms with E-state index in [1.165, 1.54) is 6.92 Å². The fourth-order valence-electron chi connectivity index (χ4n) is 3.96. The summed E-state index contributed by atoms with van der Waals surface area (Å²) in [6, 6.07) is 7.27. The van der Waals surface area contributed by atoms with Gasteiger partial charge in [0.25, 0.3) is 0 Å². The molecule has 23 heavy (non-hydrogen) atoms. The molecule has 3 aliphatic heterocycles. The van der Waals surface area contributed by atoms with Crippen molar-refractivity contribution in [2.75, 3.05) is 33.3 Å². The Kier molecular flexibility index (Phi) is 4.39. The molecule has 3 saturated heterocycles. The van der Waals surface area contributed by atoms with Crippen LogP contribution in [0.15, 0.2) is 24.3 Å². The number of methoxy groups -OCH3 is 1. The predicted molar refractivity (Wildman–Crippen MR) is 85.3 cm³/mol. The van der Waals surface area contributed by atoms with Crippen molar-refractivity contribution >= 4 is 11.8 Å². The number of hydrogen-bond donors (Lipinski definition) is 0. The molecule has 5 heteroatoms. The fraction of sp³-hybridized carbons (Fsp3) is 0.556. The molecule has 0 amide bonds. The number of esters is 1. The van der Waals surface area contributed by atoms with E-state index in [0.29, 0.717) is 12.5 Å². The minimum absolute atomic E-state index is 0.0290. The van der Waals surface area contributed by atoms with Crippen molar-refractivity contribution in [1.29, 1.82) is 0 Å². The van der Waals surface area contributed by atoms with Gasteiger partial charge < -0.3 is 14.0 Å². The number of carbonyl (C=O) groups excluding carboxylic acids is 2. The number of hydrogen-bond acceptors (Lipinski definition) is 4. The van der Waals surface area contributed by atoms with E-state index in [2.05, 4.69) is 0 Å². The third kappa shape index (κ3) is 3.39. The second kappa shape index (κ2) is 6.32. The first-order valence-electron chi connectivity index (χ1n) is 8.21. The van der Waals surface area contributed by atoms with Crippen LogP contribution in [0.4, 0.5) is 0 Å². The number of carbonyl (C=O) groups is 2. The van der Waals surface area contributed by atoms with Crippen molar-refractivity contribution in [3.63, 3.8) is 0 Å². The van der Waals surface area contributed by atoms with Gasteiger partial charge in [0.15, 0.2) is 6.10 Å². The highest BCUT2D eigenvalue weighted by Gasteiger charge is 2.48. The number of Topliss-reactive ketones (excluding diaryl/α,β-unsaturated/α-hetero) is 1. The third-order valence-corrected chi connectivity index (χ3v) is 5.25. The first-order chi connectivity index (χ1) is 11.0. The molecule has 3 fully saturated rings. The summed E-state index contributed by atoms with van der Waals surface area (Å²) >= 11 is 0. The van der Waals surface area contributed by atoms with Gasteiger partial charge in [-0.3, -0.25) is 9.59 Å². The molecule has 0 unspecified atom stereocenters. The van der Waals surface area contributed by atoms with Gasteiger partial charge in [-0.15, -0.1) is 0 Å². The number of nitrogens with zero attached hydrogens (tertiary/aromatic N) is 1. The molecule has 124 valence electrons. The number of benzene rings is 1. The zero-order chi connectivity index (χ0) is 16.4. The lowest BCUT2D eigenvalue weighted by molar-refractivity contribution is -0.938. The van der Waals surface area contributed by atoms with Crippen LogP contribution < -0.4 is 4.74 Å². The summed E-state index contributed by atoms with van der Waals surface area (Å²) in [5.74, 6) is 1.15. The zero-order valence-corrected chi connectivity index (χ0v) is 13.8. The summed E-state index contributed by atoms with van der Waals surface area (Å²) in [5, 5.41) is 0. The molecule has 0 aliphatic carbocycles. The van der Waals surface area contributed by atoms with E-state index < -0.39 is 0 Å². The van der Waals surface area contributed by atoms with Gasteiger partial charge in [-0.25, -0.2) is 0 Å². The summed E-state index contributed by atoms with van der Waals surface area (Å²) in [7, 11) is 1.61. The van der Waals surface area contributed by atoms with Gasteiger partial charge in [-0.1, -0.05) is 0 Å². The minimum atomic E-state index is -0.219. The second-order valence-electron chi connectivity index (χ2n) is 6.77. The van der Waals surface area contributed by atoms with Crippen LogP contribution in [0, 0.1) is 5.92 Å². The molecule has 1 atom stereocenters. The van der Waals surface area contributed by atoms with Crippen LogP contribution in [0.5, 0.6) is 5.75 Å². The predicted octanol–water partition coefficient (Wildman–Crippen LogP) is 2.05. The molecule has 3 aliphatic rings. The lowest BCUT2D eigenvalue weighted by Gasteiger charge is -2.51. The molecular formula is C18H24NO4+. The molecule has 0 aromatic heterocycles. The Morgan fingerprint density at radius 1 is 1.17 bits per heavy atom. The molecule has 2 bridgehead atoms. The molecule has 0 radical (unpaired) electrons. The summed E-state index contributed by atoms with van der Waals surface area (Å²) in [6.45, 7) is 4.72. The quantitative estimate of drug-likeness (QED) is 0.474. The third-order valence-electron chi connectivity index (χ3n) is 5.25. The second-order valence-corrected chi connectivity index (χ2v) is 6.77. The molecule has 0 saturated carbocycles. The Hall–Kier alpha value is -1.88. The molecular weight excluding hydrogens is 294 g/mol. The zero-order valence-electron chi connectivity index (χ0n) is 13.8. The Morgan fingerprint density at radius 3 is 2.39 bits per heavy atom. The van der Waals surface area contributed by atoms with E-state index in [4.69, 9.17) is 9.47 Å². The Bertz CT molecular complexity index is 588. The van der Waals surface area contributed by atoms with Crippen LogP contribution in [0.25, 0.3) is 0 Å². The van der Waals surface area contributed by atoms with Crippen LogP contribution in [0.1, 0.15) is 30.1 Å². The van der Waals surface area contributed by atoms with E-state index >= 15 is 0 Å². The van der Waals surface area contributed by atoms with Gasteiger partial charge >= 0.3 is 5.97 Å². The molecule has 5 nitrogen and oxygen atoms in total. The first-order valence-corrected chi connectivity index (χ1v) is 8.21. The number of fused-ring (bicyclic) bond motifs is 3. The molecule has 4 rings (SSSR count). The fourth-order valence-corrected chi connectivity index (χ4v) is 3.96. The Morgan fingerprint density at radius 2 is 1.83 bits per heavy atom. The molecule has 1 aromatic rings. The van der Waals surface area contributed by atoms with Crippen molar-refractivity contribution in [1.82, 2.24) is 0 Å². The van der Waals surface area contributed by atoms with E-state index in [-0.39, 0.29) is 17.9 Å². The van der Waals surface area contributed by atoms with E-state index in [0.717, 1.165) is 48.3 Å². The van der Waals surface area contributed by atoms with Gasteiger partial charge in [0.1, 0.15) is 18.8 Å². The average Bonchev–Trinajstić information content (AvgIpc) is 2.55. The smallest absolute Gasteiger partial charge is 0.303 e. The monoisotopic (exact) mass is 318 g/mol. The van der Waals surface area contributed by atoms with Crippen molar-refractivity contribution in [3.8, 4) is 5.75 Å². The topological polar surface area (TPSA) is 52.6 Å². The van der Waals surface area contributed by atoms with Crippen molar-refractivity contribution < 1.29 is 23.5 Å². The Balaban J connectivity index is 1.70. The number of ketones is 1. The minimum Gasteiger partial charge on any atom is -0.497 e. The number of quaternary nitrogens is 1. The highest BCUT2D eigenvalue weighted by atomic mass is 16.5. The van der Waals surface area contributed by atoms with E-state index in [1.807, 2.05) is 24.3 Å². The van der Waals surface area contributed by atoms with Gasteiger partial charge in [0.2, 0.25) is 5.78 Å². The molecule has 1 aromatic carbocycles. The maximum Gasteiger partial charge on any atom is 0.303 e. The van der Waals surface area contributed by atoms with Crippen molar-refractivity contribution in [3.05, 3.63) is 29.8 Å². The average molecular weight is 318 g/mol. The SMILES string of the molecule is COc1ccc(C(=O)C[N+]23CCC(CC2)[C@@H](OC(C)=O)C3)cc1. The number of rotatable bonds is 5. The molecule has 3 heterocycles. The van der Waals surface area contributed by atoms with Crippen LogP contribution in [-0.4, -0.2) is 55.6 Å². The summed E-state index contributed by atoms with van der Waals surface area (Å²) in [4.78, 5) is 23.9. The van der Waals surface area contributed by atoms with Crippen molar-refractivity contribution in [2.45, 2.75) is 25.9 Å². The normalized spacial score (nSPS) is 29.1. The van der Waals surface area contributed by atoms with E-state index in [9.17, 15) is 9.59 Å². The Labute approximate surface area is 136 Å². The van der Waals surface area contributed by atoms with Gasteiger partial charge in [-0.2, -0.15) is 0 Å². The van der Waals surface area contributed by atoms with Crippen molar-refractivity contribution in [2.24, 2.45) is 5.92 Å². The summed E-state index contributed by atoms with van der Waals surface area (Å²) < 4.78 is 11.4. The lowest BCUT2D eigenvalue weighted by Crippen LogP contribution is -2.65. The standard InChI is InChI=1S/C18H24NO4/c1-13(20)23-18-12-19(9-7-15(18)8-10-19)11-17(21)14-3-5-16(22-2)6-4-14/h3-6,15,18H,7-12H2,1-2H3/q+1/t15?,18-,19?/m0/s1. The summed E-state index contributed by atoms with van der Waals surface area (Å²) in [5.41, 5.74) is 0.718. The van der Waals surface area contributed by atoms with Gasteiger partial charge in [-0.05, 0) is 24.3 Å². The maximum absolute atomic E-state index is 12.7. The highest BCUT2D eigenvalue weighted by molar-refractivity contribution is 5.97. The van der Waals surface area contributed by atoms with Gasteiger partial charge in [0, 0.05) is 31.2 Å². The highest BCUT2D eigenvalue weighted by Crippen LogP contribution is 2.35. The van der Waals surface area contributed by atoms with Crippen LogP contribution in [0.2, 0.25) is 0 Å². The first kappa shape index (κ1) is 16.0. The van der Waals surface area contributed by atoms with Crippen LogP contribution in [0.3, 0.4) is 0 Å². The number of ether oxygens (including phenoxy) is 2. The number of piperidine rings is 3. The van der Waals surface area contributed by atoms with Crippen LogP contribution >= 0.6 is 0 Å². The lowest BCUT2D eigenvalue weighted by atomic mass is 9.83. The summed E-state index contributed by atoms with van der Waals surface area (Å²) in [6.07, 6.45) is 2.04. The van der Waals surface area contributed by atoms with Gasteiger partial charge in [0.05, 0.1) is 20.2 Å². The van der Waals surface area contributed by atoms with E-state index in [1.54, 1.807) is 7.11 Å². The molecule has 0 spiro atoms. The molecule has 0 N–H and O–H groups in total. The van der Waals surface area contributed by atoms with Crippen LogP contribution in [-0.2, 0) is 9.53 Å². The largest absolute Gasteiger partial charge is 0.497 e. The maximum atomic E-state index is 12.7.